The summed E-state index contributed by atoms with van der Waals surface area (Å²) in [7, 11) is 1.71. The van der Waals surface area contributed by atoms with Gasteiger partial charge in [0.15, 0.2) is 0 Å². The molecule has 2 rings (SSSR count). The molecule has 0 amide bonds. The van der Waals surface area contributed by atoms with Gasteiger partial charge < -0.3 is 0 Å². The van der Waals surface area contributed by atoms with Gasteiger partial charge in [0.2, 0.25) is 0 Å². The molecule has 0 aliphatic carbocycles. The van der Waals surface area contributed by atoms with Crippen LogP contribution in [0.2, 0.25) is 0 Å². The zero-order chi connectivity index (χ0) is 9.10. The van der Waals surface area contributed by atoms with Gasteiger partial charge in [0.05, 0.1) is 0 Å². The normalized spacial score (nSPS) is 16.2. The Bertz CT molecular complexity index is 269. The first-order valence-corrected chi connectivity index (χ1v) is 14.7. The first kappa shape index (κ1) is 9.94. The second kappa shape index (κ2) is 4.76. The summed E-state index contributed by atoms with van der Waals surface area (Å²) in [6.07, 6.45) is 0. The van der Waals surface area contributed by atoms with E-state index in [1.807, 2.05) is 0 Å². The molecule has 1 aliphatic heterocycles. The molecule has 2 nitrogen and oxygen atoms in total. The summed E-state index contributed by atoms with van der Waals surface area (Å²) in [5, 5.41) is 0. The van der Waals surface area contributed by atoms with Crippen molar-refractivity contribution in [3.05, 3.63) is 24.3 Å². The van der Waals surface area contributed by atoms with E-state index in [1.165, 1.54) is 14.9 Å². The summed E-state index contributed by atoms with van der Waals surface area (Å²) < 4.78 is 7.91. The molecule has 4 heteroatoms. The Morgan fingerprint density at radius 2 is 1.77 bits per heavy atom. The molecule has 0 atom stereocenters. The fourth-order valence-corrected chi connectivity index (χ4v) is 12.6. The van der Waals surface area contributed by atoms with Gasteiger partial charge in [-0.2, -0.15) is 0 Å². The molecule has 1 heterocycles. The van der Waals surface area contributed by atoms with Crippen molar-refractivity contribution in [2.45, 2.75) is 0 Å². The van der Waals surface area contributed by atoms with Gasteiger partial charge in [0, 0.05) is 0 Å². The number of benzene rings is 1. The number of hydrogen-bond donors (Lipinski definition) is 0. The van der Waals surface area contributed by atoms with Crippen LogP contribution in [0, 0.1) is 0 Å². The van der Waals surface area contributed by atoms with Gasteiger partial charge in [-0.25, -0.2) is 0 Å². The molecule has 1 aromatic carbocycles. The van der Waals surface area contributed by atoms with Gasteiger partial charge >= 0.3 is 95.7 Å². The molecule has 0 bridgehead atoms. The Hall–Kier alpha value is 0.399. The van der Waals surface area contributed by atoms with Crippen molar-refractivity contribution in [2.75, 3.05) is 21.2 Å². The van der Waals surface area contributed by atoms with Crippen molar-refractivity contribution < 1.29 is 4.74 Å². The first-order chi connectivity index (χ1) is 6.40. The van der Waals surface area contributed by atoms with Crippen LogP contribution < -0.4 is 9.64 Å². The zero-order valence-corrected chi connectivity index (χ0v) is 12.1. The summed E-state index contributed by atoms with van der Waals surface area (Å²) in [6, 6.07) is 8.44. The third-order valence-corrected chi connectivity index (χ3v) is 12.0. The van der Waals surface area contributed by atoms with E-state index in [-0.39, 0.29) is 0 Å². The van der Waals surface area contributed by atoms with Crippen LogP contribution in [0.3, 0.4) is 0 Å². The maximum absolute atomic E-state index is 5.13. The molecule has 0 N–H and O–H groups in total. The van der Waals surface area contributed by atoms with E-state index in [0.717, 1.165) is 5.75 Å². The number of nitrogens with zero attached hydrogens (tertiary/aromatic N) is 1. The number of hydrogen-bond acceptors (Lipinski definition) is 2. The van der Waals surface area contributed by atoms with Crippen LogP contribution in [0.15, 0.2) is 24.3 Å². The summed E-state index contributed by atoms with van der Waals surface area (Å²) in [6.45, 7) is 0. The van der Waals surface area contributed by atoms with Crippen molar-refractivity contribution >= 4 is 39.8 Å². The Kier molecular flexibility index (Phi) is 3.64. The van der Waals surface area contributed by atoms with Gasteiger partial charge in [-0.1, -0.05) is 0 Å². The molecule has 1 saturated heterocycles. The van der Waals surface area contributed by atoms with E-state index in [9.17, 15) is 0 Å². The van der Waals surface area contributed by atoms with E-state index < -0.39 is 0 Å². The van der Waals surface area contributed by atoms with Crippen LogP contribution in [0.5, 0.6) is 5.75 Å². The molecule has 13 heavy (non-hydrogen) atoms. The summed E-state index contributed by atoms with van der Waals surface area (Å²) in [5.74, 6) is 0.955. The van der Waals surface area contributed by atoms with Crippen LogP contribution in [-0.4, -0.2) is 50.4 Å². The first-order valence-electron chi connectivity index (χ1n) is 4.03. The molecule has 1 aromatic rings. The van der Waals surface area contributed by atoms with E-state index in [0.29, 0.717) is 34.1 Å². The quantitative estimate of drug-likeness (QED) is 0.675. The second-order valence-corrected chi connectivity index (χ2v) is 14.6. The fraction of sp³-hybridized carbons (Fsp3) is 0.333. The number of methoxy groups -OCH3 is 1. The number of rotatable bonds is 2. The topological polar surface area (TPSA) is 12.5 Å². The SMILES string of the molecule is COc1ccc(N2C[Te][Te]C2)cc1. The van der Waals surface area contributed by atoms with Gasteiger partial charge in [0.25, 0.3) is 0 Å². The molecule has 1 fully saturated rings. The third-order valence-electron chi connectivity index (χ3n) is 1.94. The molecular weight excluding hydrogens is 393 g/mol. The number of anilines is 1. The predicted octanol–water partition coefficient (Wildman–Crippen LogP) is 0.754. The van der Waals surface area contributed by atoms with Crippen LogP contribution in [-0.2, 0) is 0 Å². The van der Waals surface area contributed by atoms with Gasteiger partial charge in [-0.15, -0.1) is 0 Å². The Morgan fingerprint density at radius 1 is 1.15 bits per heavy atom. The Morgan fingerprint density at radius 3 is 2.31 bits per heavy atom. The summed E-state index contributed by atoms with van der Waals surface area (Å²) in [5.41, 5.74) is 1.38. The van der Waals surface area contributed by atoms with Crippen molar-refractivity contribution in [3.63, 3.8) is 0 Å². The van der Waals surface area contributed by atoms with Crippen molar-refractivity contribution in [1.82, 2.24) is 0 Å². The molecule has 0 spiro atoms. The van der Waals surface area contributed by atoms with Gasteiger partial charge in [0.1, 0.15) is 0 Å². The van der Waals surface area contributed by atoms with E-state index in [4.69, 9.17) is 4.74 Å². The molecule has 0 aromatic heterocycles. The maximum atomic E-state index is 5.13. The van der Waals surface area contributed by atoms with Crippen molar-refractivity contribution in [1.29, 1.82) is 0 Å². The molecule has 1 aliphatic rings. The summed E-state index contributed by atoms with van der Waals surface area (Å²) in [4.78, 5) is 2.53. The molecule has 0 radical (unpaired) electrons. The second-order valence-electron chi connectivity index (χ2n) is 2.73. The molecule has 0 saturated carbocycles. The standard InChI is InChI=1S/C9H11NOTe2/c1-11-9-4-2-8(3-5-9)10-6-12-13-7-10/h2-5H,6-7H2,1H3. The average Bonchev–Trinajstić information content (AvgIpc) is 2.71. The van der Waals surface area contributed by atoms with Crippen LogP contribution in [0.1, 0.15) is 0 Å². The molecule has 70 valence electrons. The minimum atomic E-state index is 0.432. The molecular formula is C9H11NOTe2. The van der Waals surface area contributed by atoms with Crippen LogP contribution in [0.4, 0.5) is 5.69 Å². The van der Waals surface area contributed by atoms with Crippen molar-refractivity contribution in [2.24, 2.45) is 0 Å². The monoisotopic (exact) mass is 409 g/mol. The average molecular weight is 404 g/mol. The summed E-state index contributed by atoms with van der Waals surface area (Å²) >= 11 is 0.863. The van der Waals surface area contributed by atoms with Gasteiger partial charge in [-0.3, -0.25) is 0 Å². The van der Waals surface area contributed by atoms with Gasteiger partial charge in [-0.05, 0) is 0 Å². The van der Waals surface area contributed by atoms with Crippen LogP contribution >= 0.6 is 0 Å². The van der Waals surface area contributed by atoms with E-state index >= 15 is 0 Å². The predicted molar refractivity (Wildman–Crippen MR) is 56.7 cm³/mol. The molecule has 0 unspecified atom stereocenters. The number of ether oxygens (including phenoxy) is 1. The van der Waals surface area contributed by atoms with Crippen LogP contribution in [0.25, 0.3) is 0 Å². The van der Waals surface area contributed by atoms with E-state index in [2.05, 4.69) is 29.2 Å². The fourth-order valence-electron chi connectivity index (χ4n) is 1.18. The van der Waals surface area contributed by atoms with E-state index in [1.54, 1.807) is 7.11 Å². The zero-order valence-electron chi connectivity index (χ0n) is 7.40. The van der Waals surface area contributed by atoms with Crippen molar-refractivity contribution in [3.8, 4) is 5.75 Å². The minimum absolute atomic E-state index is 0.432. The Labute approximate surface area is 95.0 Å². The third kappa shape index (κ3) is 2.45. The Balaban J connectivity index is 2.12.